The summed E-state index contributed by atoms with van der Waals surface area (Å²) >= 11 is 0. The standard InChI is InChI=1S/C20H15N3O5S/c1-26-20-14(10-21)8-16(12-2-5-15(6-3-12)29(22,24)25)19(23-20)13-4-7-17-18(9-13)28-11-27-17/h2-9H,11H2,1H3,(H2,22,24,25). The van der Waals surface area contributed by atoms with E-state index in [1.54, 1.807) is 30.3 Å². The van der Waals surface area contributed by atoms with Gasteiger partial charge in [-0.25, -0.2) is 18.5 Å². The van der Waals surface area contributed by atoms with Crippen molar-refractivity contribution in [1.82, 2.24) is 4.98 Å². The number of pyridine rings is 1. The van der Waals surface area contributed by atoms with Gasteiger partial charge in [-0.15, -0.1) is 0 Å². The van der Waals surface area contributed by atoms with Crippen molar-refractivity contribution in [3.8, 4) is 45.8 Å². The first kappa shape index (κ1) is 18.7. The fraction of sp³-hybridized carbons (Fsp3) is 0.100. The van der Waals surface area contributed by atoms with Gasteiger partial charge in [-0.2, -0.15) is 5.26 Å². The number of nitrogens with zero attached hydrogens (tertiary/aromatic N) is 2. The van der Waals surface area contributed by atoms with Gasteiger partial charge >= 0.3 is 0 Å². The minimum Gasteiger partial charge on any atom is -0.480 e. The summed E-state index contributed by atoms with van der Waals surface area (Å²) in [6.07, 6.45) is 0. The van der Waals surface area contributed by atoms with Crippen molar-refractivity contribution in [2.45, 2.75) is 4.90 Å². The van der Waals surface area contributed by atoms with Crippen LogP contribution in [0.1, 0.15) is 5.56 Å². The minimum absolute atomic E-state index is 0.00661. The van der Waals surface area contributed by atoms with Crippen molar-refractivity contribution in [3.05, 3.63) is 54.1 Å². The van der Waals surface area contributed by atoms with Gasteiger partial charge in [-0.1, -0.05) is 12.1 Å². The van der Waals surface area contributed by atoms with Crippen LogP contribution in [0.4, 0.5) is 0 Å². The fourth-order valence-corrected chi connectivity index (χ4v) is 3.56. The van der Waals surface area contributed by atoms with E-state index in [1.165, 1.54) is 19.2 Å². The second-order valence-corrected chi connectivity index (χ2v) is 7.75. The highest BCUT2D eigenvalue weighted by Crippen LogP contribution is 2.40. The lowest BCUT2D eigenvalue weighted by atomic mass is 9.97. The van der Waals surface area contributed by atoms with E-state index in [1.807, 2.05) is 6.07 Å². The molecule has 0 amide bonds. The first-order valence-electron chi connectivity index (χ1n) is 8.43. The topological polar surface area (TPSA) is 125 Å². The van der Waals surface area contributed by atoms with Gasteiger partial charge in [0.1, 0.15) is 11.6 Å². The molecule has 146 valence electrons. The van der Waals surface area contributed by atoms with Crippen molar-refractivity contribution < 1.29 is 22.6 Å². The number of rotatable bonds is 4. The Morgan fingerprint density at radius 3 is 2.41 bits per heavy atom. The first-order valence-corrected chi connectivity index (χ1v) is 9.98. The van der Waals surface area contributed by atoms with E-state index < -0.39 is 10.0 Å². The Labute approximate surface area is 167 Å². The van der Waals surface area contributed by atoms with E-state index in [0.29, 0.717) is 28.3 Å². The number of benzene rings is 2. The summed E-state index contributed by atoms with van der Waals surface area (Å²) in [4.78, 5) is 4.51. The molecule has 0 saturated heterocycles. The molecule has 3 aromatic rings. The normalized spacial score (nSPS) is 12.4. The van der Waals surface area contributed by atoms with Crippen LogP contribution in [0.15, 0.2) is 53.4 Å². The molecule has 0 fully saturated rings. The van der Waals surface area contributed by atoms with Crippen molar-refractivity contribution >= 4 is 10.0 Å². The van der Waals surface area contributed by atoms with Gasteiger partial charge in [0, 0.05) is 11.1 Å². The molecule has 1 aromatic heterocycles. The molecule has 0 spiro atoms. The van der Waals surface area contributed by atoms with Crippen molar-refractivity contribution in [2.75, 3.05) is 13.9 Å². The Bertz CT molecular complexity index is 1250. The summed E-state index contributed by atoms with van der Waals surface area (Å²) in [5, 5.41) is 14.6. The molecule has 2 heterocycles. The maximum Gasteiger partial charge on any atom is 0.238 e. The molecule has 2 aromatic carbocycles. The zero-order valence-corrected chi connectivity index (χ0v) is 16.1. The predicted octanol–water partition coefficient (Wildman–Crippen LogP) is 2.67. The molecule has 9 heteroatoms. The molecular formula is C20H15N3O5S. The summed E-state index contributed by atoms with van der Waals surface area (Å²) < 4.78 is 39.1. The molecule has 8 nitrogen and oxygen atoms in total. The molecule has 29 heavy (non-hydrogen) atoms. The fourth-order valence-electron chi connectivity index (χ4n) is 3.04. The zero-order valence-electron chi connectivity index (χ0n) is 15.2. The van der Waals surface area contributed by atoms with Gasteiger partial charge in [-0.05, 0) is 42.0 Å². The number of ether oxygens (including phenoxy) is 3. The Balaban J connectivity index is 1.92. The lowest BCUT2D eigenvalue weighted by molar-refractivity contribution is 0.174. The van der Waals surface area contributed by atoms with E-state index >= 15 is 0 Å². The second-order valence-electron chi connectivity index (χ2n) is 6.19. The van der Waals surface area contributed by atoms with Crippen LogP contribution < -0.4 is 19.3 Å². The highest BCUT2D eigenvalue weighted by Gasteiger charge is 2.20. The van der Waals surface area contributed by atoms with E-state index in [4.69, 9.17) is 19.3 Å². The van der Waals surface area contributed by atoms with Crippen molar-refractivity contribution in [2.24, 2.45) is 5.14 Å². The summed E-state index contributed by atoms with van der Waals surface area (Å²) in [5.74, 6) is 1.40. The van der Waals surface area contributed by atoms with E-state index in [0.717, 1.165) is 5.56 Å². The average Bonchev–Trinajstić information content (AvgIpc) is 3.20. The molecule has 0 unspecified atom stereocenters. The lowest BCUT2D eigenvalue weighted by Crippen LogP contribution is -2.11. The maximum atomic E-state index is 11.5. The Morgan fingerprint density at radius 1 is 1.07 bits per heavy atom. The number of hydrogen-bond acceptors (Lipinski definition) is 7. The van der Waals surface area contributed by atoms with Crippen LogP contribution in [0.2, 0.25) is 0 Å². The molecule has 2 N–H and O–H groups in total. The number of fused-ring (bicyclic) bond motifs is 1. The second kappa shape index (κ2) is 7.09. The molecule has 0 radical (unpaired) electrons. The summed E-state index contributed by atoms with van der Waals surface area (Å²) in [6, 6.07) is 15.1. The van der Waals surface area contributed by atoms with Gasteiger partial charge in [0.2, 0.25) is 22.7 Å². The van der Waals surface area contributed by atoms with Crippen LogP contribution >= 0.6 is 0 Å². The number of nitrogens with two attached hydrogens (primary N) is 1. The van der Waals surface area contributed by atoms with Crippen LogP contribution in [-0.4, -0.2) is 27.3 Å². The molecule has 1 aliphatic rings. The third-order valence-corrected chi connectivity index (χ3v) is 5.37. The Hall–Kier alpha value is -3.61. The number of nitriles is 1. The van der Waals surface area contributed by atoms with E-state index in [2.05, 4.69) is 11.1 Å². The maximum absolute atomic E-state index is 11.5. The van der Waals surface area contributed by atoms with Gasteiger partial charge in [-0.3, -0.25) is 0 Å². The zero-order chi connectivity index (χ0) is 20.6. The van der Waals surface area contributed by atoms with Crippen LogP contribution in [0.5, 0.6) is 17.4 Å². The Morgan fingerprint density at radius 2 is 1.76 bits per heavy atom. The first-order chi connectivity index (χ1) is 13.9. The van der Waals surface area contributed by atoms with E-state index in [9.17, 15) is 13.7 Å². The highest BCUT2D eigenvalue weighted by atomic mass is 32.2. The van der Waals surface area contributed by atoms with Crippen LogP contribution in [0.3, 0.4) is 0 Å². The molecular weight excluding hydrogens is 394 g/mol. The number of methoxy groups -OCH3 is 1. The minimum atomic E-state index is -3.81. The number of primary sulfonamides is 1. The predicted molar refractivity (Wildman–Crippen MR) is 104 cm³/mol. The van der Waals surface area contributed by atoms with E-state index in [-0.39, 0.29) is 23.1 Å². The molecule has 0 bridgehead atoms. The molecule has 0 aliphatic carbocycles. The smallest absolute Gasteiger partial charge is 0.238 e. The largest absolute Gasteiger partial charge is 0.480 e. The van der Waals surface area contributed by atoms with Crippen molar-refractivity contribution in [3.63, 3.8) is 0 Å². The summed E-state index contributed by atoms with van der Waals surface area (Å²) in [6.45, 7) is 0.144. The number of aromatic nitrogens is 1. The summed E-state index contributed by atoms with van der Waals surface area (Å²) in [7, 11) is -2.38. The summed E-state index contributed by atoms with van der Waals surface area (Å²) in [5.41, 5.74) is 2.81. The molecule has 4 rings (SSSR count). The van der Waals surface area contributed by atoms with Gasteiger partial charge in [0.05, 0.1) is 17.7 Å². The molecule has 0 atom stereocenters. The SMILES string of the molecule is COc1nc(-c2ccc3c(c2)OCO3)c(-c2ccc(S(N)(=O)=O)cc2)cc1C#N. The van der Waals surface area contributed by atoms with Crippen molar-refractivity contribution in [1.29, 1.82) is 5.26 Å². The Kier molecular flexibility index (Phi) is 4.58. The lowest BCUT2D eigenvalue weighted by Gasteiger charge is -2.13. The average molecular weight is 409 g/mol. The quantitative estimate of drug-likeness (QED) is 0.702. The third kappa shape index (κ3) is 3.47. The van der Waals surface area contributed by atoms with Crippen LogP contribution in [0.25, 0.3) is 22.4 Å². The molecule has 0 saturated carbocycles. The van der Waals surface area contributed by atoms with Gasteiger partial charge < -0.3 is 14.2 Å². The molecule has 1 aliphatic heterocycles. The highest BCUT2D eigenvalue weighted by molar-refractivity contribution is 7.89. The van der Waals surface area contributed by atoms with Crippen LogP contribution in [0, 0.1) is 11.3 Å². The monoisotopic (exact) mass is 409 g/mol. The van der Waals surface area contributed by atoms with Gasteiger partial charge in [0.15, 0.2) is 11.5 Å². The third-order valence-electron chi connectivity index (χ3n) is 4.44. The van der Waals surface area contributed by atoms with Crippen LogP contribution in [-0.2, 0) is 10.0 Å². The number of sulfonamides is 1. The van der Waals surface area contributed by atoms with Gasteiger partial charge in [0.25, 0.3) is 0 Å². The number of hydrogen-bond donors (Lipinski definition) is 1.